The van der Waals surface area contributed by atoms with Crippen molar-refractivity contribution in [3.05, 3.63) is 59.4 Å². The second-order valence-corrected chi connectivity index (χ2v) is 8.44. The number of aliphatic hydroxyl groups is 1. The number of piperazine rings is 1. The van der Waals surface area contributed by atoms with Gasteiger partial charge in [-0.1, -0.05) is 13.5 Å². The smallest absolute Gasteiger partial charge is 0.254 e. The second-order valence-electron chi connectivity index (χ2n) is 8.44. The molecule has 0 bridgehead atoms. The Bertz CT molecular complexity index is 963. The summed E-state index contributed by atoms with van der Waals surface area (Å²) in [5, 5.41) is 10.0. The van der Waals surface area contributed by atoms with Crippen molar-refractivity contribution in [2.45, 2.75) is 38.8 Å². The van der Waals surface area contributed by atoms with E-state index in [9.17, 15) is 14.7 Å². The van der Waals surface area contributed by atoms with Crippen molar-refractivity contribution >= 4 is 17.5 Å². The summed E-state index contributed by atoms with van der Waals surface area (Å²) in [6.45, 7) is 3.67. The lowest BCUT2D eigenvalue weighted by Crippen LogP contribution is -2.53. The average Bonchev–Trinajstić information content (AvgIpc) is 3.56. The standard InChI is InChI=1S/C23H26N4O3.CH4/c28-21(25-12-14-26(15-13-25)22(29)23(30)8-9-23)18-3-5-19(6-4-18)27-11-7-17-2-1-10-24-20(17)16-27;/h1-6,10,30H,7-9,11-16H2;1H4. The Kier molecular flexibility index (Phi) is 5.71. The molecule has 2 aliphatic heterocycles. The molecule has 5 rings (SSSR count). The van der Waals surface area contributed by atoms with E-state index in [-0.39, 0.29) is 19.2 Å². The van der Waals surface area contributed by atoms with E-state index < -0.39 is 5.60 Å². The van der Waals surface area contributed by atoms with Crippen LogP contribution in [-0.4, -0.2) is 70.0 Å². The lowest BCUT2D eigenvalue weighted by atomic mass is 10.0. The predicted octanol–water partition coefficient (Wildman–Crippen LogP) is 2.09. The highest BCUT2D eigenvalue weighted by atomic mass is 16.3. The van der Waals surface area contributed by atoms with Crippen molar-refractivity contribution in [2.75, 3.05) is 37.6 Å². The third kappa shape index (κ3) is 4.14. The van der Waals surface area contributed by atoms with Gasteiger partial charge in [0.25, 0.3) is 11.8 Å². The summed E-state index contributed by atoms with van der Waals surface area (Å²) in [4.78, 5) is 35.4. The van der Waals surface area contributed by atoms with Gasteiger partial charge in [-0.3, -0.25) is 14.6 Å². The molecular weight excluding hydrogens is 392 g/mol. The van der Waals surface area contributed by atoms with Gasteiger partial charge < -0.3 is 19.8 Å². The van der Waals surface area contributed by atoms with Gasteiger partial charge in [0.15, 0.2) is 0 Å². The van der Waals surface area contributed by atoms with Crippen LogP contribution in [0.2, 0.25) is 0 Å². The first-order valence-corrected chi connectivity index (χ1v) is 10.6. The average molecular weight is 423 g/mol. The summed E-state index contributed by atoms with van der Waals surface area (Å²) in [5.41, 5.74) is 3.05. The fourth-order valence-corrected chi connectivity index (χ4v) is 4.31. The zero-order valence-corrected chi connectivity index (χ0v) is 17.0. The van der Waals surface area contributed by atoms with E-state index in [1.54, 1.807) is 9.80 Å². The number of amides is 2. The minimum absolute atomic E-state index is 0. The molecule has 1 aromatic carbocycles. The first-order valence-electron chi connectivity index (χ1n) is 10.6. The van der Waals surface area contributed by atoms with E-state index in [2.05, 4.69) is 16.0 Å². The van der Waals surface area contributed by atoms with Crippen LogP contribution in [0.4, 0.5) is 5.69 Å². The van der Waals surface area contributed by atoms with Crippen LogP contribution >= 0.6 is 0 Å². The number of aromatic nitrogens is 1. The van der Waals surface area contributed by atoms with E-state index in [4.69, 9.17) is 0 Å². The summed E-state index contributed by atoms with van der Waals surface area (Å²) in [6, 6.07) is 11.9. The number of hydrogen-bond donors (Lipinski definition) is 1. The molecule has 1 saturated heterocycles. The van der Waals surface area contributed by atoms with Crippen molar-refractivity contribution in [3.8, 4) is 0 Å². The van der Waals surface area contributed by atoms with Gasteiger partial charge in [0, 0.05) is 50.2 Å². The maximum Gasteiger partial charge on any atom is 0.254 e. The summed E-state index contributed by atoms with van der Waals surface area (Å²) in [7, 11) is 0. The van der Waals surface area contributed by atoms with E-state index in [0.29, 0.717) is 44.6 Å². The van der Waals surface area contributed by atoms with Crippen molar-refractivity contribution in [1.29, 1.82) is 0 Å². The van der Waals surface area contributed by atoms with Gasteiger partial charge in [0.2, 0.25) is 0 Å². The van der Waals surface area contributed by atoms with Crippen molar-refractivity contribution < 1.29 is 14.7 Å². The number of pyridine rings is 1. The summed E-state index contributed by atoms with van der Waals surface area (Å²) < 4.78 is 0. The molecule has 1 aromatic heterocycles. The Morgan fingerprint density at radius 3 is 2.29 bits per heavy atom. The van der Waals surface area contributed by atoms with Crippen LogP contribution in [0.25, 0.3) is 0 Å². The third-order valence-corrected chi connectivity index (χ3v) is 6.43. The molecule has 2 amide bonds. The number of carbonyl (C=O) groups is 2. The van der Waals surface area contributed by atoms with E-state index >= 15 is 0 Å². The van der Waals surface area contributed by atoms with Gasteiger partial charge in [0.1, 0.15) is 5.60 Å². The fourth-order valence-electron chi connectivity index (χ4n) is 4.31. The number of benzene rings is 1. The first kappa shape index (κ1) is 21.3. The van der Waals surface area contributed by atoms with E-state index in [0.717, 1.165) is 30.9 Å². The van der Waals surface area contributed by atoms with Crippen molar-refractivity contribution in [2.24, 2.45) is 0 Å². The lowest BCUT2D eigenvalue weighted by molar-refractivity contribution is -0.143. The van der Waals surface area contributed by atoms with Crippen LogP contribution in [0.5, 0.6) is 0 Å². The van der Waals surface area contributed by atoms with Gasteiger partial charge in [-0.25, -0.2) is 0 Å². The number of rotatable bonds is 3. The minimum Gasteiger partial charge on any atom is -0.380 e. The molecule has 0 atom stereocenters. The highest BCUT2D eigenvalue weighted by Crippen LogP contribution is 2.37. The molecule has 2 aromatic rings. The SMILES string of the molecule is C.O=C(c1ccc(N2CCc3cccnc3C2)cc1)N1CCN(C(=O)C2(O)CC2)CC1. The normalized spacial score (nSPS) is 19.3. The first-order chi connectivity index (χ1) is 14.5. The molecule has 1 saturated carbocycles. The number of hydrogen-bond acceptors (Lipinski definition) is 5. The van der Waals surface area contributed by atoms with Gasteiger partial charge in [0.05, 0.1) is 12.2 Å². The predicted molar refractivity (Wildman–Crippen MR) is 119 cm³/mol. The molecule has 7 nitrogen and oxygen atoms in total. The highest BCUT2D eigenvalue weighted by molar-refractivity contribution is 5.95. The summed E-state index contributed by atoms with van der Waals surface area (Å²) in [6.07, 6.45) is 3.91. The monoisotopic (exact) mass is 422 g/mol. The molecule has 7 heteroatoms. The van der Waals surface area contributed by atoms with Crippen molar-refractivity contribution in [1.82, 2.24) is 14.8 Å². The van der Waals surface area contributed by atoms with Crippen LogP contribution in [0, 0.1) is 0 Å². The van der Waals surface area contributed by atoms with Gasteiger partial charge in [-0.2, -0.15) is 0 Å². The Hall–Kier alpha value is -2.93. The Morgan fingerprint density at radius 1 is 0.935 bits per heavy atom. The topological polar surface area (TPSA) is 77.0 Å². The second kappa shape index (κ2) is 8.30. The zero-order valence-electron chi connectivity index (χ0n) is 17.0. The molecule has 164 valence electrons. The van der Waals surface area contributed by atoms with Crippen LogP contribution in [0.3, 0.4) is 0 Å². The molecular formula is C24H30N4O3. The number of anilines is 1. The summed E-state index contributed by atoms with van der Waals surface area (Å²) in [5.74, 6) is -0.194. The zero-order chi connectivity index (χ0) is 20.7. The molecule has 2 fully saturated rings. The number of nitrogens with zero attached hydrogens (tertiary/aromatic N) is 4. The maximum absolute atomic E-state index is 12.9. The number of fused-ring (bicyclic) bond motifs is 1. The van der Waals surface area contributed by atoms with Gasteiger partial charge in [-0.15, -0.1) is 0 Å². The lowest BCUT2D eigenvalue weighted by Gasteiger charge is -2.36. The Morgan fingerprint density at radius 2 is 1.61 bits per heavy atom. The largest absolute Gasteiger partial charge is 0.380 e. The fraction of sp³-hybridized carbons (Fsp3) is 0.458. The van der Waals surface area contributed by atoms with Crippen LogP contribution in [0.15, 0.2) is 42.6 Å². The summed E-state index contributed by atoms with van der Waals surface area (Å²) >= 11 is 0. The minimum atomic E-state index is -1.13. The number of carbonyl (C=O) groups excluding carboxylic acids is 2. The molecule has 0 unspecified atom stereocenters. The molecule has 3 aliphatic rings. The molecule has 31 heavy (non-hydrogen) atoms. The highest BCUT2D eigenvalue weighted by Gasteiger charge is 2.50. The quantitative estimate of drug-likeness (QED) is 0.820. The molecule has 0 radical (unpaired) electrons. The van der Waals surface area contributed by atoms with E-state index in [1.165, 1.54) is 5.56 Å². The third-order valence-electron chi connectivity index (χ3n) is 6.43. The van der Waals surface area contributed by atoms with Crippen LogP contribution < -0.4 is 4.90 Å². The molecule has 1 N–H and O–H groups in total. The Labute approximate surface area is 183 Å². The van der Waals surface area contributed by atoms with E-state index in [1.807, 2.05) is 36.5 Å². The van der Waals surface area contributed by atoms with Gasteiger partial charge >= 0.3 is 0 Å². The molecule has 0 spiro atoms. The van der Waals surface area contributed by atoms with Crippen LogP contribution in [0.1, 0.15) is 41.9 Å². The van der Waals surface area contributed by atoms with Crippen molar-refractivity contribution in [3.63, 3.8) is 0 Å². The Balaban J connectivity index is 0.00000231. The van der Waals surface area contributed by atoms with Crippen LogP contribution in [-0.2, 0) is 17.8 Å². The van der Waals surface area contributed by atoms with Gasteiger partial charge in [-0.05, 0) is 55.2 Å². The molecule has 3 heterocycles. The molecule has 1 aliphatic carbocycles. The maximum atomic E-state index is 12.9.